The van der Waals surface area contributed by atoms with Crippen molar-refractivity contribution in [2.24, 2.45) is 0 Å². The summed E-state index contributed by atoms with van der Waals surface area (Å²) in [5.41, 5.74) is 0.385. The first kappa shape index (κ1) is 18.5. The van der Waals surface area contributed by atoms with E-state index in [4.69, 9.17) is 4.74 Å². The van der Waals surface area contributed by atoms with Gasteiger partial charge in [0, 0.05) is 19.6 Å². The molecule has 0 radical (unpaired) electrons. The molecule has 2 aliphatic rings. The molecule has 9 heteroatoms. The second-order valence-corrected chi connectivity index (χ2v) is 10.3. The Hall–Kier alpha value is -1.32. The number of benzene rings is 1. The first-order chi connectivity index (χ1) is 11.9. The molecule has 7 nitrogen and oxygen atoms in total. The molecule has 25 heavy (non-hydrogen) atoms. The van der Waals surface area contributed by atoms with Crippen molar-refractivity contribution in [3.05, 3.63) is 18.2 Å². The Kier molecular flexibility index (Phi) is 5.26. The Labute approximate surface area is 149 Å². The van der Waals surface area contributed by atoms with Gasteiger partial charge in [-0.3, -0.25) is 4.31 Å². The highest BCUT2D eigenvalue weighted by Crippen LogP contribution is 2.34. The summed E-state index contributed by atoms with van der Waals surface area (Å²) in [6, 6.07) is 4.58. The fraction of sp³-hybridized carbons (Fsp3) is 0.625. The standard InChI is InChI=1S/C16H24N2O5S2/c1-23-15-8-7-14(18-11-5-6-12-24(18,19)20)13-16(15)25(21,22)17-9-3-2-4-10-17/h7-8,13H,2-6,9-12H2,1H3. The molecule has 0 N–H and O–H groups in total. The minimum atomic E-state index is -3.72. The smallest absolute Gasteiger partial charge is 0.246 e. The molecule has 0 aromatic heterocycles. The Bertz CT molecular complexity index is 830. The number of piperidine rings is 1. The van der Waals surface area contributed by atoms with Crippen LogP contribution >= 0.6 is 0 Å². The quantitative estimate of drug-likeness (QED) is 0.785. The molecule has 2 aliphatic heterocycles. The Balaban J connectivity index is 2.03. The topological polar surface area (TPSA) is 84.0 Å². The third-order valence-corrected chi connectivity index (χ3v) is 8.51. The number of nitrogens with zero attached hydrogens (tertiary/aromatic N) is 2. The molecule has 0 atom stereocenters. The fourth-order valence-electron chi connectivity index (χ4n) is 3.35. The monoisotopic (exact) mass is 388 g/mol. The third-order valence-electron chi connectivity index (χ3n) is 4.72. The van der Waals surface area contributed by atoms with Gasteiger partial charge < -0.3 is 4.74 Å². The maximum Gasteiger partial charge on any atom is 0.246 e. The molecule has 140 valence electrons. The molecule has 3 rings (SSSR count). The van der Waals surface area contributed by atoms with Crippen LogP contribution in [0.1, 0.15) is 32.1 Å². The van der Waals surface area contributed by atoms with Gasteiger partial charge >= 0.3 is 0 Å². The molecule has 0 saturated carbocycles. The number of rotatable bonds is 4. The zero-order chi connectivity index (χ0) is 18.1. The van der Waals surface area contributed by atoms with Crippen LogP contribution in [0.25, 0.3) is 0 Å². The summed E-state index contributed by atoms with van der Waals surface area (Å²) >= 11 is 0. The van der Waals surface area contributed by atoms with Crippen LogP contribution in [0.15, 0.2) is 23.1 Å². The predicted molar refractivity (Wildman–Crippen MR) is 96.0 cm³/mol. The van der Waals surface area contributed by atoms with E-state index in [1.54, 1.807) is 6.07 Å². The molecular weight excluding hydrogens is 364 g/mol. The van der Waals surface area contributed by atoms with Crippen LogP contribution in [0.5, 0.6) is 5.75 Å². The van der Waals surface area contributed by atoms with E-state index < -0.39 is 20.0 Å². The van der Waals surface area contributed by atoms with Gasteiger partial charge in [-0.15, -0.1) is 0 Å². The number of sulfonamides is 2. The maximum absolute atomic E-state index is 13.0. The molecule has 1 aromatic carbocycles. The molecular formula is C16H24N2O5S2. The molecule has 0 unspecified atom stereocenters. The zero-order valence-corrected chi connectivity index (χ0v) is 16.0. The third kappa shape index (κ3) is 3.63. The van der Waals surface area contributed by atoms with Crippen LogP contribution in [-0.4, -0.2) is 53.6 Å². The van der Waals surface area contributed by atoms with Crippen molar-refractivity contribution in [1.82, 2.24) is 4.31 Å². The van der Waals surface area contributed by atoms with Gasteiger partial charge in [0.1, 0.15) is 10.6 Å². The van der Waals surface area contributed by atoms with Crippen molar-refractivity contribution >= 4 is 25.7 Å². The highest BCUT2D eigenvalue weighted by atomic mass is 32.2. The van der Waals surface area contributed by atoms with Crippen molar-refractivity contribution in [3.63, 3.8) is 0 Å². The Morgan fingerprint density at radius 1 is 1.00 bits per heavy atom. The van der Waals surface area contributed by atoms with E-state index in [1.807, 2.05) is 0 Å². The highest BCUT2D eigenvalue weighted by molar-refractivity contribution is 7.92. The summed E-state index contributed by atoms with van der Waals surface area (Å²) in [5, 5.41) is 0. The van der Waals surface area contributed by atoms with Gasteiger partial charge in [-0.05, 0) is 43.9 Å². The van der Waals surface area contributed by atoms with Crippen molar-refractivity contribution in [3.8, 4) is 5.75 Å². The average molecular weight is 389 g/mol. The minimum Gasteiger partial charge on any atom is -0.495 e. The second-order valence-electron chi connectivity index (χ2n) is 6.40. The summed E-state index contributed by atoms with van der Waals surface area (Å²) in [6.07, 6.45) is 4.09. The highest BCUT2D eigenvalue weighted by Gasteiger charge is 2.32. The lowest BCUT2D eigenvalue weighted by Crippen LogP contribution is -2.38. The van der Waals surface area contributed by atoms with E-state index in [2.05, 4.69) is 0 Å². The van der Waals surface area contributed by atoms with Crippen LogP contribution in [0, 0.1) is 0 Å². The molecule has 2 heterocycles. The number of hydrogen-bond donors (Lipinski definition) is 0. The predicted octanol–water partition coefficient (Wildman–Crippen LogP) is 1.80. The van der Waals surface area contributed by atoms with Crippen molar-refractivity contribution in [2.75, 3.05) is 36.8 Å². The van der Waals surface area contributed by atoms with Crippen molar-refractivity contribution in [2.45, 2.75) is 37.0 Å². The minimum absolute atomic E-state index is 0.0372. The number of hydrogen-bond acceptors (Lipinski definition) is 5. The lowest BCUT2D eigenvalue weighted by atomic mass is 10.2. The lowest BCUT2D eigenvalue weighted by Gasteiger charge is -2.30. The van der Waals surface area contributed by atoms with Gasteiger partial charge in [-0.1, -0.05) is 6.42 Å². The molecule has 1 aromatic rings. The van der Waals surface area contributed by atoms with Crippen LogP contribution in [-0.2, 0) is 20.0 Å². The Morgan fingerprint density at radius 2 is 1.68 bits per heavy atom. The lowest BCUT2D eigenvalue weighted by molar-refractivity contribution is 0.343. The zero-order valence-electron chi connectivity index (χ0n) is 14.3. The number of ether oxygens (including phenoxy) is 1. The van der Waals surface area contributed by atoms with E-state index >= 15 is 0 Å². The molecule has 2 saturated heterocycles. The van der Waals surface area contributed by atoms with E-state index in [0.29, 0.717) is 31.7 Å². The van der Waals surface area contributed by atoms with Gasteiger partial charge in [-0.2, -0.15) is 4.31 Å². The van der Waals surface area contributed by atoms with E-state index in [1.165, 1.54) is 27.9 Å². The fourth-order valence-corrected chi connectivity index (χ4v) is 6.67. The number of methoxy groups -OCH3 is 1. The Morgan fingerprint density at radius 3 is 2.32 bits per heavy atom. The van der Waals surface area contributed by atoms with E-state index in [0.717, 1.165) is 25.7 Å². The molecule has 2 fully saturated rings. The largest absolute Gasteiger partial charge is 0.495 e. The normalized spacial score (nSPS) is 21.9. The van der Waals surface area contributed by atoms with Gasteiger partial charge in [0.15, 0.2) is 0 Å². The van der Waals surface area contributed by atoms with Gasteiger partial charge in [-0.25, -0.2) is 16.8 Å². The van der Waals surface area contributed by atoms with Crippen molar-refractivity contribution in [1.29, 1.82) is 0 Å². The summed E-state index contributed by atoms with van der Waals surface area (Å²) in [7, 11) is -5.70. The van der Waals surface area contributed by atoms with Gasteiger partial charge in [0.25, 0.3) is 0 Å². The van der Waals surface area contributed by atoms with Gasteiger partial charge in [0.05, 0.1) is 18.6 Å². The average Bonchev–Trinajstić information content (AvgIpc) is 2.61. The first-order valence-electron chi connectivity index (χ1n) is 8.55. The SMILES string of the molecule is COc1ccc(N2CCCCS2(=O)=O)cc1S(=O)(=O)N1CCCCC1. The van der Waals surface area contributed by atoms with Crippen molar-refractivity contribution < 1.29 is 21.6 Å². The maximum atomic E-state index is 13.0. The summed E-state index contributed by atoms with van der Waals surface area (Å²) in [5.74, 6) is 0.330. The molecule has 0 aliphatic carbocycles. The van der Waals surface area contributed by atoms with Gasteiger partial charge in [0.2, 0.25) is 20.0 Å². The van der Waals surface area contributed by atoms with Crippen LogP contribution < -0.4 is 9.04 Å². The summed E-state index contributed by atoms with van der Waals surface area (Å²) < 4.78 is 58.8. The molecule has 0 spiro atoms. The van der Waals surface area contributed by atoms with E-state index in [-0.39, 0.29) is 16.4 Å². The van der Waals surface area contributed by atoms with Crippen LogP contribution in [0.2, 0.25) is 0 Å². The second kappa shape index (κ2) is 7.13. The van der Waals surface area contributed by atoms with E-state index in [9.17, 15) is 16.8 Å². The van der Waals surface area contributed by atoms with Crippen LogP contribution in [0.4, 0.5) is 5.69 Å². The van der Waals surface area contributed by atoms with Crippen LogP contribution in [0.3, 0.4) is 0 Å². The first-order valence-corrected chi connectivity index (χ1v) is 11.6. The number of anilines is 1. The molecule has 0 amide bonds. The summed E-state index contributed by atoms with van der Waals surface area (Å²) in [4.78, 5) is 0.0372. The summed E-state index contributed by atoms with van der Waals surface area (Å²) in [6.45, 7) is 1.34. The molecule has 0 bridgehead atoms.